The van der Waals surface area contributed by atoms with Gasteiger partial charge in [-0.1, -0.05) is 11.6 Å². The smallest absolute Gasteiger partial charge is 0.0622 e. The first kappa shape index (κ1) is 12.6. The molecule has 0 saturated carbocycles. The van der Waals surface area contributed by atoms with E-state index in [-0.39, 0.29) is 6.04 Å². The molecule has 1 aromatic rings. The summed E-state index contributed by atoms with van der Waals surface area (Å²) in [4.78, 5) is 0.742. The number of halogens is 1. The standard InChI is InChI=1S/C10H14ClNO2S/c1-14-6-9(12)7-15(13)10-4-2-8(11)3-5-10/h2-5,9H,6-7,12H2,1H3. The maximum Gasteiger partial charge on any atom is 0.0622 e. The summed E-state index contributed by atoms with van der Waals surface area (Å²) in [6.07, 6.45) is 0. The summed E-state index contributed by atoms with van der Waals surface area (Å²) < 4.78 is 16.7. The summed E-state index contributed by atoms with van der Waals surface area (Å²) in [5.74, 6) is 0.398. The van der Waals surface area contributed by atoms with Gasteiger partial charge in [-0.15, -0.1) is 0 Å². The normalized spacial score (nSPS) is 14.9. The van der Waals surface area contributed by atoms with Gasteiger partial charge in [-0.3, -0.25) is 4.21 Å². The quantitative estimate of drug-likeness (QED) is 0.856. The van der Waals surface area contributed by atoms with Crippen LogP contribution in [0.4, 0.5) is 0 Å². The first-order chi connectivity index (χ1) is 7.13. The van der Waals surface area contributed by atoms with E-state index in [0.717, 1.165) is 4.90 Å². The molecule has 3 nitrogen and oxygen atoms in total. The SMILES string of the molecule is COCC(N)CS(=O)c1ccc(Cl)cc1. The number of hydrogen-bond donors (Lipinski definition) is 1. The van der Waals surface area contributed by atoms with E-state index in [0.29, 0.717) is 17.4 Å². The predicted molar refractivity (Wildman–Crippen MR) is 62.6 cm³/mol. The van der Waals surface area contributed by atoms with Crippen LogP contribution >= 0.6 is 11.6 Å². The van der Waals surface area contributed by atoms with Gasteiger partial charge in [0.05, 0.1) is 17.4 Å². The zero-order valence-corrected chi connectivity index (χ0v) is 10.1. The molecule has 0 heterocycles. The topological polar surface area (TPSA) is 52.3 Å². The molecular formula is C10H14ClNO2S. The van der Waals surface area contributed by atoms with Crippen LogP contribution in [0.1, 0.15) is 0 Å². The molecule has 0 aliphatic rings. The van der Waals surface area contributed by atoms with Crippen molar-refractivity contribution in [2.24, 2.45) is 5.73 Å². The fourth-order valence-corrected chi connectivity index (χ4v) is 2.38. The lowest BCUT2D eigenvalue weighted by atomic mass is 10.4. The molecule has 84 valence electrons. The third-order valence-corrected chi connectivity index (χ3v) is 3.60. The fourth-order valence-electron chi connectivity index (χ4n) is 1.14. The molecule has 15 heavy (non-hydrogen) atoms. The molecule has 0 radical (unpaired) electrons. The summed E-state index contributed by atoms with van der Waals surface area (Å²) in [6, 6.07) is 6.73. The molecule has 0 saturated heterocycles. The van der Waals surface area contributed by atoms with Crippen LogP contribution in [-0.2, 0) is 15.5 Å². The number of ether oxygens (including phenoxy) is 1. The van der Waals surface area contributed by atoms with Crippen molar-refractivity contribution in [2.45, 2.75) is 10.9 Å². The second-order valence-electron chi connectivity index (χ2n) is 3.18. The van der Waals surface area contributed by atoms with Gasteiger partial charge in [0.15, 0.2) is 0 Å². The highest BCUT2D eigenvalue weighted by molar-refractivity contribution is 7.85. The molecule has 0 fully saturated rings. The molecule has 0 bridgehead atoms. The Morgan fingerprint density at radius 1 is 1.47 bits per heavy atom. The largest absolute Gasteiger partial charge is 0.383 e. The first-order valence-corrected chi connectivity index (χ1v) is 6.21. The Morgan fingerprint density at radius 3 is 2.60 bits per heavy atom. The first-order valence-electron chi connectivity index (χ1n) is 4.52. The molecular weight excluding hydrogens is 234 g/mol. The number of rotatable bonds is 5. The van der Waals surface area contributed by atoms with Crippen molar-refractivity contribution in [1.82, 2.24) is 0 Å². The molecule has 0 aliphatic carbocycles. The Bertz CT molecular complexity index is 329. The van der Waals surface area contributed by atoms with E-state index >= 15 is 0 Å². The number of methoxy groups -OCH3 is 1. The van der Waals surface area contributed by atoms with E-state index in [1.54, 1.807) is 31.4 Å². The summed E-state index contributed by atoms with van der Waals surface area (Å²) >= 11 is 5.73. The van der Waals surface area contributed by atoms with E-state index in [1.807, 2.05) is 0 Å². The molecule has 2 atom stereocenters. The van der Waals surface area contributed by atoms with Crippen molar-refractivity contribution in [3.63, 3.8) is 0 Å². The Balaban J connectivity index is 2.57. The second kappa shape index (κ2) is 6.23. The summed E-state index contributed by atoms with van der Waals surface area (Å²) in [5, 5.41) is 0.636. The molecule has 2 unspecified atom stereocenters. The summed E-state index contributed by atoms with van der Waals surface area (Å²) in [7, 11) is 0.488. The van der Waals surface area contributed by atoms with Crippen LogP contribution in [0, 0.1) is 0 Å². The van der Waals surface area contributed by atoms with E-state index in [2.05, 4.69) is 0 Å². The minimum absolute atomic E-state index is 0.202. The zero-order valence-electron chi connectivity index (χ0n) is 8.48. The fraction of sp³-hybridized carbons (Fsp3) is 0.400. The van der Waals surface area contributed by atoms with Crippen molar-refractivity contribution in [2.75, 3.05) is 19.5 Å². The van der Waals surface area contributed by atoms with Gasteiger partial charge in [-0.2, -0.15) is 0 Å². The van der Waals surface area contributed by atoms with Crippen molar-refractivity contribution in [1.29, 1.82) is 0 Å². The predicted octanol–water partition coefficient (Wildman–Crippen LogP) is 1.42. The third-order valence-electron chi connectivity index (χ3n) is 1.82. The van der Waals surface area contributed by atoms with Gasteiger partial charge in [-0.25, -0.2) is 0 Å². The lowest BCUT2D eigenvalue weighted by Crippen LogP contribution is -2.31. The highest BCUT2D eigenvalue weighted by Gasteiger charge is 2.09. The Hall–Kier alpha value is -0.420. The molecule has 0 aromatic heterocycles. The average molecular weight is 248 g/mol. The van der Waals surface area contributed by atoms with Crippen LogP contribution in [0.15, 0.2) is 29.2 Å². The van der Waals surface area contributed by atoms with Crippen LogP contribution in [0.3, 0.4) is 0 Å². The van der Waals surface area contributed by atoms with Crippen LogP contribution in [0.5, 0.6) is 0 Å². The maximum atomic E-state index is 11.8. The highest BCUT2D eigenvalue weighted by atomic mass is 35.5. The van der Waals surface area contributed by atoms with Crippen molar-refractivity contribution in [3.8, 4) is 0 Å². The Kier molecular flexibility index (Phi) is 5.25. The molecule has 1 aromatic carbocycles. The summed E-state index contributed by atoms with van der Waals surface area (Å²) in [5.41, 5.74) is 5.71. The number of hydrogen-bond acceptors (Lipinski definition) is 3. The average Bonchev–Trinajstić information content (AvgIpc) is 2.18. The van der Waals surface area contributed by atoms with Crippen LogP contribution in [-0.4, -0.2) is 29.7 Å². The molecule has 5 heteroatoms. The van der Waals surface area contributed by atoms with Gasteiger partial charge in [0.1, 0.15) is 0 Å². The van der Waals surface area contributed by atoms with Gasteiger partial charge in [0, 0.05) is 28.8 Å². The van der Waals surface area contributed by atoms with Crippen molar-refractivity contribution >= 4 is 22.4 Å². The van der Waals surface area contributed by atoms with Gasteiger partial charge in [0.2, 0.25) is 0 Å². The van der Waals surface area contributed by atoms with E-state index in [9.17, 15) is 4.21 Å². The van der Waals surface area contributed by atoms with Crippen LogP contribution < -0.4 is 5.73 Å². The highest BCUT2D eigenvalue weighted by Crippen LogP contribution is 2.13. The Morgan fingerprint density at radius 2 is 2.07 bits per heavy atom. The second-order valence-corrected chi connectivity index (χ2v) is 5.11. The lowest BCUT2D eigenvalue weighted by molar-refractivity contribution is 0.186. The molecule has 1 rings (SSSR count). The van der Waals surface area contributed by atoms with Gasteiger partial charge >= 0.3 is 0 Å². The minimum atomic E-state index is -1.09. The van der Waals surface area contributed by atoms with Crippen molar-refractivity contribution in [3.05, 3.63) is 29.3 Å². The zero-order chi connectivity index (χ0) is 11.3. The van der Waals surface area contributed by atoms with Crippen LogP contribution in [0.25, 0.3) is 0 Å². The monoisotopic (exact) mass is 247 g/mol. The van der Waals surface area contributed by atoms with Gasteiger partial charge < -0.3 is 10.5 Å². The van der Waals surface area contributed by atoms with E-state index < -0.39 is 10.8 Å². The third kappa shape index (κ3) is 4.30. The molecule has 0 spiro atoms. The van der Waals surface area contributed by atoms with Crippen molar-refractivity contribution < 1.29 is 8.95 Å². The molecule has 0 amide bonds. The van der Waals surface area contributed by atoms with Gasteiger partial charge in [-0.05, 0) is 24.3 Å². The lowest BCUT2D eigenvalue weighted by Gasteiger charge is -2.09. The number of nitrogens with two attached hydrogens (primary N) is 1. The molecule has 0 aliphatic heterocycles. The Labute approximate surface area is 97.0 Å². The summed E-state index contributed by atoms with van der Waals surface area (Å²) in [6.45, 7) is 0.416. The van der Waals surface area contributed by atoms with Gasteiger partial charge in [0.25, 0.3) is 0 Å². The minimum Gasteiger partial charge on any atom is -0.383 e. The number of benzene rings is 1. The van der Waals surface area contributed by atoms with E-state index in [4.69, 9.17) is 22.1 Å². The van der Waals surface area contributed by atoms with Crippen LogP contribution in [0.2, 0.25) is 5.02 Å². The maximum absolute atomic E-state index is 11.8. The molecule has 2 N–H and O–H groups in total. The van der Waals surface area contributed by atoms with E-state index in [1.165, 1.54) is 0 Å².